The third-order valence-electron chi connectivity index (χ3n) is 3.57. The molecule has 0 radical (unpaired) electrons. The first kappa shape index (κ1) is 15.9. The average Bonchev–Trinajstić information content (AvgIpc) is 2.89. The van der Waals surface area contributed by atoms with Gasteiger partial charge in [0.2, 0.25) is 0 Å². The van der Waals surface area contributed by atoms with Gasteiger partial charge in [-0.3, -0.25) is 0 Å². The summed E-state index contributed by atoms with van der Waals surface area (Å²) < 4.78 is 24.6. The van der Waals surface area contributed by atoms with Crippen molar-refractivity contribution in [3.8, 4) is 0 Å². The van der Waals surface area contributed by atoms with Crippen LogP contribution in [0.2, 0.25) is 0 Å². The second kappa shape index (κ2) is 6.96. The lowest BCUT2D eigenvalue weighted by atomic mass is 10.2. The molecule has 1 saturated heterocycles. The summed E-state index contributed by atoms with van der Waals surface area (Å²) >= 11 is 1.99. The Morgan fingerprint density at radius 3 is 2.65 bits per heavy atom. The lowest BCUT2D eigenvalue weighted by Crippen LogP contribution is -2.36. The molecule has 0 spiro atoms. The minimum atomic E-state index is -3.19. The van der Waals surface area contributed by atoms with E-state index < -0.39 is 9.84 Å². The quantitative estimate of drug-likeness (QED) is 0.877. The second-order valence-corrected chi connectivity index (χ2v) is 8.98. The summed E-state index contributed by atoms with van der Waals surface area (Å²) in [5, 5.41) is 4.01. The van der Waals surface area contributed by atoms with Gasteiger partial charge in [0.15, 0.2) is 9.84 Å². The number of thioether (sulfide) groups is 1. The molecule has 20 heavy (non-hydrogen) atoms. The van der Waals surface area contributed by atoms with E-state index in [4.69, 9.17) is 0 Å². The van der Waals surface area contributed by atoms with Crippen LogP contribution < -0.4 is 5.32 Å². The molecule has 1 aromatic carbocycles. The third kappa shape index (κ3) is 4.50. The Bertz CT molecular complexity index is 519. The van der Waals surface area contributed by atoms with Crippen LogP contribution in [-0.2, 0) is 9.84 Å². The number of nitrogens with one attached hydrogen (secondary N) is 1. The standard InChI is InChI=1S/C15H23NO2S2/c1-12-5-7-15(8-6-12)20(17,18)11-13(2)16-10-14-4-3-9-19-14/h5-8,13-14,16H,3-4,9-11H2,1-2H3/t13-,14+/m1/s1. The van der Waals surface area contributed by atoms with Gasteiger partial charge >= 0.3 is 0 Å². The number of hydrogen-bond donors (Lipinski definition) is 1. The van der Waals surface area contributed by atoms with Crippen LogP contribution >= 0.6 is 11.8 Å². The van der Waals surface area contributed by atoms with Gasteiger partial charge in [-0.2, -0.15) is 11.8 Å². The van der Waals surface area contributed by atoms with Crippen LogP contribution in [0.3, 0.4) is 0 Å². The van der Waals surface area contributed by atoms with Crippen molar-refractivity contribution in [3.63, 3.8) is 0 Å². The summed E-state index contributed by atoms with van der Waals surface area (Å²) in [6.45, 7) is 4.82. The number of hydrogen-bond acceptors (Lipinski definition) is 4. The molecule has 1 heterocycles. The summed E-state index contributed by atoms with van der Waals surface area (Å²) in [6, 6.07) is 7.08. The van der Waals surface area contributed by atoms with Crippen LogP contribution in [0.1, 0.15) is 25.3 Å². The smallest absolute Gasteiger partial charge is 0.179 e. The number of benzene rings is 1. The van der Waals surface area contributed by atoms with Gasteiger partial charge in [0.05, 0.1) is 10.6 Å². The highest BCUT2D eigenvalue weighted by Gasteiger charge is 2.20. The Kier molecular flexibility index (Phi) is 5.52. The fourth-order valence-electron chi connectivity index (χ4n) is 2.37. The molecule has 0 amide bonds. The molecule has 2 rings (SSSR count). The molecular weight excluding hydrogens is 290 g/mol. The van der Waals surface area contributed by atoms with Gasteiger partial charge in [0.25, 0.3) is 0 Å². The minimum absolute atomic E-state index is 0.0116. The van der Waals surface area contributed by atoms with E-state index in [-0.39, 0.29) is 11.8 Å². The van der Waals surface area contributed by atoms with Crippen molar-refractivity contribution in [1.29, 1.82) is 0 Å². The zero-order valence-electron chi connectivity index (χ0n) is 12.1. The molecule has 3 nitrogen and oxygen atoms in total. The molecule has 2 atom stereocenters. The maximum atomic E-state index is 12.3. The highest BCUT2D eigenvalue weighted by atomic mass is 32.2. The van der Waals surface area contributed by atoms with E-state index in [2.05, 4.69) is 5.32 Å². The fraction of sp³-hybridized carbons (Fsp3) is 0.600. The van der Waals surface area contributed by atoms with Gasteiger partial charge in [-0.1, -0.05) is 17.7 Å². The predicted molar refractivity (Wildman–Crippen MR) is 86.2 cm³/mol. The lowest BCUT2D eigenvalue weighted by molar-refractivity contribution is 0.549. The summed E-state index contributed by atoms with van der Waals surface area (Å²) in [4.78, 5) is 0.423. The van der Waals surface area contributed by atoms with Gasteiger partial charge in [-0.25, -0.2) is 8.42 Å². The van der Waals surface area contributed by atoms with E-state index in [9.17, 15) is 8.42 Å². The van der Waals surface area contributed by atoms with E-state index in [1.54, 1.807) is 12.1 Å². The molecule has 112 valence electrons. The van der Waals surface area contributed by atoms with Gasteiger partial charge < -0.3 is 5.32 Å². The van der Waals surface area contributed by atoms with Gasteiger partial charge in [0, 0.05) is 17.8 Å². The van der Waals surface area contributed by atoms with Crippen LogP contribution in [0.4, 0.5) is 0 Å². The Hall–Kier alpha value is -0.520. The second-order valence-electron chi connectivity index (χ2n) is 5.54. The van der Waals surface area contributed by atoms with Crippen LogP contribution in [0.25, 0.3) is 0 Å². The topological polar surface area (TPSA) is 46.2 Å². The Labute approximate surface area is 126 Å². The summed E-state index contributed by atoms with van der Waals surface area (Å²) in [6.07, 6.45) is 2.53. The number of sulfone groups is 1. The summed E-state index contributed by atoms with van der Waals surface area (Å²) in [5.74, 6) is 1.40. The van der Waals surface area contributed by atoms with Crippen LogP contribution in [0.5, 0.6) is 0 Å². The first-order valence-electron chi connectivity index (χ1n) is 7.12. The van der Waals surface area contributed by atoms with Crippen molar-refractivity contribution in [2.45, 2.75) is 42.9 Å². The molecular formula is C15H23NO2S2. The van der Waals surface area contributed by atoms with Crippen molar-refractivity contribution < 1.29 is 8.42 Å². The van der Waals surface area contributed by atoms with E-state index >= 15 is 0 Å². The maximum absolute atomic E-state index is 12.3. The van der Waals surface area contributed by atoms with Crippen molar-refractivity contribution in [3.05, 3.63) is 29.8 Å². The summed E-state index contributed by atoms with van der Waals surface area (Å²) in [5.41, 5.74) is 1.08. The fourth-order valence-corrected chi connectivity index (χ4v) is 5.10. The first-order chi connectivity index (χ1) is 9.47. The third-order valence-corrected chi connectivity index (χ3v) is 6.89. The largest absolute Gasteiger partial charge is 0.312 e. The Balaban J connectivity index is 1.88. The van der Waals surface area contributed by atoms with E-state index in [1.807, 2.05) is 37.7 Å². The normalized spacial score (nSPS) is 21.0. The van der Waals surface area contributed by atoms with Gasteiger partial charge in [-0.05, 0) is 44.6 Å². The van der Waals surface area contributed by atoms with Gasteiger partial charge in [0.1, 0.15) is 0 Å². The van der Waals surface area contributed by atoms with Crippen molar-refractivity contribution >= 4 is 21.6 Å². The van der Waals surface area contributed by atoms with Crippen LogP contribution in [0, 0.1) is 6.92 Å². The molecule has 0 saturated carbocycles. The minimum Gasteiger partial charge on any atom is -0.312 e. The highest BCUT2D eigenvalue weighted by Crippen LogP contribution is 2.25. The SMILES string of the molecule is Cc1ccc(S(=O)(=O)C[C@@H](C)NC[C@@H]2CCCS2)cc1. The molecule has 1 aromatic rings. The van der Waals surface area contributed by atoms with E-state index in [0.717, 1.165) is 12.1 Å². The van der Waals surface area contributed by atoms with Crippen molar-refractivity contribution in [2.75, 3.05) is 18.1 Å². The average molecular weight is 313 g/mol. The molecule has 0 unspecified atom stereocenters. The van der Waals surface area contributed by atoms with Gasteiger partial charge in [-0.15, -0.1) is 0 Å². The van der Waals surface area contributed by atoms with Crippen LogP contribution in [-0.4, -0.2) is 37.8 Å². The zero-order chi connectivity index (χ0) is 14.6. The summed E-state index contributed by atoms with van der Waals surface area (Å²) in [7, 11) is -3.19. The number of aryl methyl sites for hydroxylation is 1. The molecule has 1 fully saturated rings. The molecule has 0 aliphatic carbocycles. The molecule has 0 aromatic heterocycles. The molecule has 0 bridgehead atoms. The van der Waals surface area contributed by atoms with Crippen molar-refractivity contribution in [1.82, 2.24) is 5.32 Å². The maximum Gasteiger partial charge on any atom is 0.179 e. The molecule has 1 N–H and O–H groups in total. The molecule has 1 aliphatic rings. The Morgan fingerprint density at radius 2 is 2.05 bits per heavy atom. The molecule has 1 aliphatic heterocycles. The molecule has 5 heteroatoms. The highest BCUT2D eigenvalue weighted by molar-refractivity contribution is 8.00. The first-order valence-corrected chi connectivity index (χ1v) is 9.82. The zero-order valence-corrected chi connectivity index (χ0v) is 13.8. The monoisotopic (exact) mass is 313 g/mol. The van der Waals surface area contributed by atoms with Crippen LogP contribution in [0.15, 0.2) is 29.2 Å². The number of rotatable bonds is 6. The predicted octanol–water partition coefficient (Wildman–Crippen LogP) is 2.64. The van der Waals surface area contributed by atoms with E-state index in [0.29, 0.717) is 10.1 Å². The van der Waals surface area contributed by atoms with E-state index in [1.165, 1.54) is 18.6 Å². The Morgan fingerprint density at radius 1 is 1.35 bits per heavy atom. The van der Waals surface area contributed by atoms with Crippen molar-refractivity contribution in [2.24, 2.45) is 0 Å². The lowest BCUT2D eigenvalue weighted by Gasteiger charge is -2.17.